The number of allylic oxidation sites excluding steroid dienone is 8. The summed E-state index contributed by atoms with van der Waals surface area (Å²) in [5.74, 6) is 0. The Labute approximate surface area is 153 Å². The van der Waals surface area contributed by atoms with Gasteiger partial charge in [-0.25, -0.2) is 18.2 Å². The zero-order chi connectivity index (χ0) is 13.8. The van der Waals surface area contributed by atoms with Crippen LogP contribution in [0.15, 0.2) is 35.5 Å². The molecule has 0 saturated heterocycles. The fourth-order valence-corrected chi connectivity index (χ4v) is 1.56. The maximum atomic E-state index is 3.23. The number of hydrogen-bond acceptors (Lipinski definition) is 0. The van der Waals surface area contributed by atoms with E-state index in [-0.39, 0.29) is 30.2 Å². The van der Waals surface area contributed by atoms with Gasteiger partial charge in [-0.2, -0.15) is 17.2 Å². The summed E-state index contributed by atoms with van der Waals surface area (Å²) in [4.78, 5) is 0. The molecule has 0 radical (unpaired) electrons. The molecule has 0 N–H and O–H groups in total. The maximum Gasteiger partial charge on any atom is -0.109 e. The molecule has 0 unspecified atom stereocenters. The van der Waals surface area contributed by atoms with Gasteiger partial charge in [-0.15, -0.1) is 12.8 Å². The Hall–Kier alpha value is 0.640. The Morgan fingerprint density at radius 2 is 1.75 bits per heavy atom. The second-order valence-electron chi connectivity index (χ2n) is 4.36. The minimum Gasteiger partial charge on any atom is -1.00 e. The van der Waals surface area contributed by atoms with Gasteiger partial charge in [0.15, 0.2) is 0 Å². The number of halogens is 2. The Kier molecular flexibility index (Phi) is 22.6. The van der Waals surface area contributed by atoms with Gasteiger partial charge in [-0.3, -0.25) is 12.2 Å². The third kappa shape index (κ3) is 15.0. The van der Waals surface area contributed by atoms with Gasteiger partial charge < -0.3 is 24.8 Å². The number of rotatable bonds is 2. The van der Waals surface area contributed by atoms with Crippen LogP contribution in [0, 0.1) is 12.2 Å². The normalized spacial score (nSPS) is 13.7. The number of hydrogen-bond donors (Lipinski definition) is 0. The van der Waals surface area contributed by atoms with Gasteiger partial charge in [0, 0.05) is 0 Å². The molecule has 0 nitrogen and oxygen atoms in total. The van der Waals surface area contributed by atoms with E-state index < -0.39 is 0 Å². The monoisotopic (exact) mass is 404 g/mol. The molecule has 2 aliphatic carbocycles. The van der Waals surface area contributed by atoms with Crippen molar-refractivity contribution in [2.24, 2.45) is 0 Å². The van der Waals surface area contributed by atoms with E-state index >= 15 is 0 Å². The van der Waals surface area contributed by atoms with Crippen LogP contribution in [0.4, 0.5) is 0 Å². The van der Waals surface area contributed by atoms with Crippen LogP contribution in [-0.4, -0.2) is 5.43 Å². The van der Waals surface area contributed by atoms with Crippen molar-refractivity contribution < 1.29 is 48.1 Å². The van der Waals surface area contributed by atoms with E-state index in [4.69, 9.17) is 0 Å². The molecular weight excluding hydrogens is 382 g/mol. The summed E-state index contributed by atoms with van der Waals surface area (Å²) in [6.07, 6.45) is 18.8. The van der Waals surface area contributed by atoms with E-state index in [1.54, 1.807) is 28.9 Å². The van der Waals surface area contributed by atoms with E-state index in [0.717, 1.165) is 12.8 Å². The summed E-state index contributed by atoms with van der Waals surface area (Å²) >= 11 is 1.74. The van der Waals surface area contributed by atoms with Crippen molar-refractivity contribution in [1.82, 2.24) is 0 Å². The van der Waals surface area contributed by atoms with Crippen molar-refractivity contribution >= 4 is 5.43 Å². The predicted molar refractivity (Wildman–Crippen MR) is 79.1 cm³/mol. The summed E-state index contributed by atoms with van der Waals surface area (Å²) in [5.41, 5.74) is 3.30. The minimum absolute atomic E-state index is 0. The van der Waals surface area contributed by atoms with Gasteiger partial charge in [0.1, 0.15) is 0 Å². The molecule has 0 aromatic rings. The first-order valence-corrected chi connectivity index (χ1v) is 12.8. The van der Waals surface area contributed by atoms with Crippen molar-refractivity contribution in [3.8, 4) is 0 Å². The fourth-order valence-electron chi connectivity index (χ4n) is 1.56. The average Bonchev–Trinajstić information content (AvgIpc) is 3.02. The molecule has 0 atom stereocenters. The summed E-state index contributed by atoms with van der Waals surface area (Å²) in [6, 6.07) is 0. The summed E-state index contributed by atoms with van der Waals surface area (Å²) in [7, 11) is 0. The second kappa shape index (κ2) is 17.7. The Bertz CT molecular complexity index is 355. The molecule has 2 rings (SSSR count). The summed E-state index contributed by atoms with van der Waals surface area (Å²) < 4.78 is 0. The molecule has 0 saturated carbocycles. The third-order valence-electron chi connectivity index (χ3n) is 2.44. The van der Waals surface area contributed by atoms with Crippen molar-refractivity contribution in [2.45, 2.75) is 52.6 Å². The first-order valence-electron chi connectivity index (χ1n) is 6.62. The quantitative estimate of drug-likeness (QED) is 0.406. The van der Waals surface area contributed by atoms with E-state index in [1.807, 2.05) is 12.2 Å². The van der Waals surface area contributed by atoms with Gasteiger partial charge in [0.2, 0.25) is 0 Å². The van der Waals surface area contributed by atoms with Crippen molar-refractivity contribution in [1.29, 1.82) is 0 Å². The van der Waals surface area contributed by atoms with E-state index in [2.05, 4.69) is 51.2 Å². The second-order valence-corrected chi connectivity index (χ2v) is 13.7. The van der Waals surface area contributed by atoms with Crippen LogP contribution in [0.25, 0.3) is 0 Å². The molecule has 0 aromatic carbocycles. The van der Waals surface area contributed by atoms with Crippen molar-refractivity contribution in [2.75, 3.05) is 0 Å². The molecule has 4 heteroatoms. The molecule has 0 fully saturated rings. The van der Waals surface area contributed by atoms with Gasteiger partial charge in [-0.1, -0.05) is 26.7 Å². The predicted octanol–water partition coefficient (Wildman–Crippen LogP) is -1.04. The molecular formula is C16H24Cl2SiZr-2. The van der Waals surface area contributed by atoms with E-state index in [1.165, 1.54) is 18.4 Å². The molecule has 0 spiro atoms. The van der Waals surface area contributed by atoms with Crippen LogP contribution < -0.4 is 24.8 Å². The third-order valence-corrected chi connectivity index (χ3v) is 2.44. The van der Waals surface area contributed by atoms with Gasteiger partial charge in [-0.05, 0) is 0 Å². The van der Waals surface area contributed by atoms with Gasteiger partial charge >= 0.3 is 41.9 Å². The molecule has 112 valence electrons. The minimum atomic E-state index is 0. The zero-order valence-corrected chi connectivity index (χ0v) is 17.9. The molecule has 0 heterocycles. The van der Waals surface area contributed by atoms with E-state index in [9.17, 15) is 0 Å². The molecule has 0 bridgehead atoms. The molecule has 0 amide bonds. The fraction of sp³-hybridized carbons (Fsp3) is 0.500. The zero-order valence-electron chi connectivity index (χ0n) is 12.9. The van der Waals surface area contributed by atoms with Crippen LogP contribution in [0.2, 0.25) is 13.1 Å². The van der Waals surface area contributed by atoms with Crippen LogP contribution in [0.3, 0.4) is 0 Å². The molecule has 0 aliphatic heterocycles. The first kappa shape index (κ1) is 25.6. The topological polar surface area (TPSA) is 0 Å². The van der Waals surface area contributed by atoms with Gasteiger partial charge in [0.05, 0.1) is 0 Å². The first-order chi connectivity index (χ1) is 8.61. The molecule has 0 aromatic heterocycles. The van der Waals surface area contributed by atoms with Crippen LogP contribution in [0.5, 0.6) is 0 Å². The Morgan fingerprint density at radius 3 is 2.00 bits per heavy atom. The van der Waals surface area contributed by atoms with Gasteiger partial charge in [0.25, 0.3) is 0 Å². The van der Waals surface area contributed by atoms with Crippen molar-refractivity contribution in [3.05, 3.63) is 47.6 Å². The molecule has 2 aliphatic rings. The molecule has 20 heavy (non-hydrogen) atoms. The smallest absolute Gasteiger partial charge is 0.109 e. The maximum absolute atomic E-state index is 3.23. The SMILES string of the molecule is CCC1=C(CC)C[C-]=C1.C[Si](C)=[Zr+2].[C-]1=CC=CC1.[Cl-].[Cl-]. The summed E-state index contributed by atoms with van der Waals surface area (Å²) in [6.45, 7) is 9.03. The summed E-state index contributed by atoms with van der Waals surface area (Å²) in [5, 5.41) is 0. The Balaban J connectivity index is -0.000000228. The van der Waals surface area contributed by atoms with Crippen molar-refractivity contribution in [3.63, 3.8) is 0 Å². The van der Waals surface area contributed by atoms with Crippen LogP contribution in [-0.2, 0) is 23.3 Å². The average molecular weight is 407 g/mol. The van der Waals surface area contributed by atoms with Crippen LogP contribution >= 0.6 is 0 Å². The Morgan fingerprint density at radius 1 is 1.15 bits per heavy atom. The van der Waals surface area contributed by atoms with Crippen LogP contribution in [0.1, 0.15) is 39.5 Å². The van der Waals surface area contributed by atoms with E-state index in [0.29, 0.717) is 0 Å². The largest absolute Gasteiger partial charge is 1.00 e. The standard InChI is InChI=1S/C9H13.C5H5.C2H6Si.2ClH.Zr/c1-3-8-6-5-7-9(8)4-2;1-2-4-5-3-1;1-3-2;;;/h6H,3-4,7H2,1-2H3;1-3H,4H2;1-2H3;2*1H;/q2*-1;;;;+2/p-2.